The van der Waals surface area contributed by atoms with E-state index in [1.807, 2.05) is 12.3 Å². The molecule has 2 heterocycles. The van der Waals surface area contributed by atoms with E-state index in [1.54, 1.807) is 17.8 Å². The molecule has 1 saturated heterocycles. The van der Waals surface area contributed by atoms with Crippen LogP contribution in [0.4, 0.5) is 0 Å². The average molecular weight is 558 g/mol. The van der Waals surface area contributed by atoms with Crippen molar-refractivity contribution < 1.29 is 14.6 Å². The summed E-state index contributed by atoms with van der Waals surface area (Å²) < 4.78 is 6.78. The number of piperidine rings is 1. The van der Waals surface area contributed by atoms with Gasteiger partial charge in [0.15, 0.2) is 0 Å². The first-order valence-electron chi connectivity index (χ1n) is 13.6. The Labute approximate surface area is 242 Å². The van der Waals surface area contributed by atoms with E-state index in [-0.39, 0.29) is 24.8 Å². The zero-order valence-electron chi connectivity index (χ0n) is 22.7. The molecule has 1 fully saturated rings. The predicted molar refractivity (Wildman–Crippen MR) is 160 cm³/mol. The summed E-state index contributed by atoms with van der Waals surface area (Å²) in [6, 6.07) is 31.9. The highest BCUT2D eigenvalue weighted by atomic mass is 35.5. The highest BCUT2D eigenvalue weighted by Crippen LogP contribution is 2.44. The summed E-state index contributed by atoms with van der Waals surface area (Å²) in [6.45, 7) is 3.96. The number of hydrogen-bond acceptors (Lipinski definition) is 5. The Kier molecular flexibility index (Phi) is 9.93. The lowest BCUT2D eigenvalue weighted by molar-refractivity contribution is -0.143. The molecule has 1 unspecified atom stereocenters. The van der Waals surface area contributed by atoms with Crippen molar-refractivity contribution >= 4 is 24.5 Å². The number of aliphatic hydroxyl groups is 1. The number of rotatable bonds is 9. The van der Waals surface area contributed by atoms with Gasteiger partial charge in [0.05, 0.1) is 37.4 Å². The highest BCUT2D eigenvalue weighted by molar-refractivity contribution is 5.85. The largest absolute Gasteiger partial charge is 0.466 e. The molecule has 0 saturated carbocycles. The van der Waals surface area contributed by atoms with Crippen LogP contribution >= 0.6 is 12.4 Å². The summed E-state index contributed by atoms with van der Waals surface area (Å²) >= 11 is 0. The zero-order chi connectivity index (χ0) is 27.1. The molecule has 0 amide bonds. The van der Waals surface area contributed by atoms with E-state index in [2.05, 4.69) is 101 Å². The molecule has 1 aromatic heterocycles. The van der Waals surface area contributed by atoms with Gasteiger partial charge in [-0.05, 0) is 41.7 Å². The normalized spacial score (nSPS) is 16.9. The molecule has 1 aliphatic rings. The lowest BCUT2D eigenvalue weighted by Gasteiger charge is -2.48. The third-order valence-electron chi connectivity index (χ3n) is 7.38. The number of aliphatic hydroxyl groups excluding tert-OH is 1. The summed E-state index contributed by atoms with van der Waals surface area (Å²) in [5, 5.41) is 15.5. The molecule has 5 rings (SSSR count). The molecule has 3 aromatic carbocycles. The van der Waals surface area contributed by atoms with E-state index < -0.39 is 11.6 Å². The van der Waals surface area contributed by atoms with Crippen LogP contribution in [0.3, 0.4) is 0 Å². The van der Waals surface area contributed by atoms with Crippen LogP contribution in [0.25, 0.3) is 6.08 Å². The molecule has 1 atom stereocenters. The van der Waals surface area contributed by atoms with Gasteiger partial charge in [-0.3, -0.25) is 14.4 Å². The highest BCUT2D eigenvalue weighted by Gasteiger charge is 2.44. The molecule has 0 radical (unpaired) electrons. The van der Waals surface area contributed by atoms with Gasteiger partial charge in [-0.25, -0.2) is 0 Å². The average Bonchev–Trinajstić information content (AvgIpc) is 3.43. The van der Waals surface area contributed by atoms with E-state index in [0.717, 1.165) is 17.7 Å². The first-order chi connectivity index (χ1) is 19.1. The number of nitrogens with zero attached hydrogens (tertiary/aromatic N) is 3. The summed E-state index contributed by atoms with van der Waals surface area (Å²) in [6.07, 6.45) is 6.09. The fourth-order valence-electron chi connectivity index (χ4n) is 5.61. The maximum absolute atomic E-state index is 11.8. The van der Waals surface area contributed by atoms with Gasteiger partial charge in [-0.1, -0.05) is 91.0 Å². The minimum absolute atomic E-state index is 0. The Hall–Kier alpha value is -3.71. The number of halogens is 1. The van der Waals surface area contributed by atoms with Crippen LogP contribution in [0.2, 0.25) is 0 Å². The Bertz CT molecular complexity index is 1290. The van der Waals surface area contributed by atoms with Crippen LogP contribution in [0.5, 0.6) is 0 Å². The second-order valence-electron chi connectivity index (χ2n) is 9.85. The maximum Gasteiger partial charge on any atom is 0.307 e. The van der Waals surface area contributed by atoms with Crippen molar-refractivity contribution in [1.29, 1.82) is 0 Å². The van der Waals surface area contributed by atoms with Crippen LogP contribution in [0.15, 0.2) is 109 Å². The quantitative estimate of drug-likeness (QED) is 0.211. The molecular formula is C33H36ClN3O3. The molecule has 1 aliphatic heterocycles. The molecule has 4 aromatic rings. The van der Waals surface area contributed by atoms with Gasteiger partial charge in [0, 0.05) is 24.8 Å². The van der Waals surface area contributed by atoms with E-state index >= 15 is 0 Å². The number of likely N-dealkylation sites (tertiary alicyclic amines) is 1. The number of aryl methyl sites for hydroxylation is 1. The Morgan fingerprint density at radius 1 is 0.975 bits per heavy atom. The van der Waals surface area contributed by atoms with Crippen LogP contribution in [0, 0.1) is 0 Å². The number of hydrogen-bond donors (Lipinski definition) is 1. The number of aromatic nitrogens is 2. The van der Waals surface area contributed by atoms with Crippen LogP contribution in [-0.2, 0) is 21.6 Å². The summed E-state index contributed by atoms with van der Waals surface area (Å²) in [5.74, 6) is -0.231. The second-order valence-corrected chi connectivity index (χ2v) is 9.85. The van der Waals surface area contributed by atoms with Crippen LogP contribution in [-0.4, -0.2) is 51.6 Å². The fraction of sp³-hybridized carbons (Fsp3) is 0.273. The van der Waals surface area contributed by atoms with E-state index in [0.29, 0.717) is 26.1 Å². The molecular weight excluding hydrogens is 522 g/mol. The molecule has 6 nitrogen and oxygen atoms in total. The first-order valence-corrected chi connectivity index (χ1v) is 13.6. The van der Waals surface area contributed by atoms with Gasteiger partial charge in [0.25, 0.3) is 0 Å². The lowest BCUT2D eigenvalue weighted by atomic mass is 9.74. The van der Waals surface area contributed by atoms with Crippen molar-refractivity contribution in [3.63, 3.8) is 0 Å². The topological polar surface area (TPSA) is 67.6 Å². The molecule has 0 aliphatic carbocycles. The smallest absolute Gasteiger partial charge is 0.307 e. The van der Waals surface area contributed by atoms with Crippen molar-refractivity contribution in [3.05, 3.63) is 131 Å². The molecule has 0 spiro atoms. The molecule has 40 heavy (non-hydrogen) atoms. The van der Waals surface area contributed by atoms with Crippen LogP contribution in [0.1, 0.15) is 42.0 Å². The second kappa shape index (κ2) is 13.6. The van der Waals surface area contributed by atoms with Gasteiger partial charge in [-0.15, -0.1) is 12.4 Å². The lowest BCUT2D eigenvalue weighted by Crippen LogP contribution is -2.52. The van der Waals surface area contributed by atoms with E-state index in [4.69, 9.17) is 4.74 Å². The van der Waals surface area contributed by atoms with Crippen molar-refractivity contribution in [1.82, 2.24) is 14.7 Å². The third-order valence-corrected chi connectivity index (χ3v) is 7.38. The predicted octanol–water partition coefficient (Wildman–Crippen LogP) is 5.70. The SMILES string of the molecule is CCOC(=O)CCn1cc(/C=C2\CN(C(c3ccccc3)(c3ccccc3)c3ccccc3)CCC2O)cn1.Cl. The molecule has 208 valence electrons. The Morgan fingerprint density at radius 3 is 2.05 bits per heavy atom. The maximum atomic E-state index is 11.8. The molecule has 7 heteroatoms. The van der Waals surface area contributed by atoms with E-state index in [1.165, 1.54) is 16.7 Å². The number of benzene rings is 3. The summed E-state index contributed by atoms with van der Waals surface area (Å²) in [5.41, 5.74) is 4.87. The molecule has 1 N–H and O–H groups in total. The van der Waals surface area contributed by atoms with Gasteiger partial charge in [0.1, 0.15) is 0 Å². The van der Waals surface area contributed by atoms with Gasteiger partial charge in [0.2, 0.25) is 0 Å². The minimum Gasteiger partial charge on any atom is -0.466 e. The van der Waals surface area contributed by atoms with E-state index in [9.17, 15) is 9.90 Å². The Balaban J connectivity index is 0.00000370. The van der Waals surface area contributed by atoms with Crippen molar-refractivity contribution in [3.8, 4) is 0 Å². The summed E-state index contributed by atoms with van der Waals surface area (Å²) in [7, 11) is 0. The zero-order valence-corrected chi connectivity index (χ0v) is 23.5. The standard InChI is InChI=1S/C33H35N3O3.ClH/c1-2-39-32(38)19-21-36-24-26(23-34-36)22-27-25-35(20-18-31(27)37)33(28-12-6-3-7-13-28,29-14-8-4-9-15-29)30-16-10-5-11-17-30;/h3-17,22-24,31,37H,2,18-21,25H2,1H3;1H/b27-22+;. The third kappa shape index (κ3) is 6.20. The number of carbonyl (C=O) groups is 1. The Morgan fingerprint density at radius 2 is 1.52 bits per heavy atom. The van der Waals surface area contributed by atoms with Crippen molar-refractivity contribution in [2.75, 3.05) is 19.7 Å². The van der Waals surface area contributed by atoms with Crippen molar-refractivity contribution in [2.45, 2.75) is 38.0 Å². The molecule has 0 bridgehead atoms. The van der Waals surface area contributed by atoms with Gasteiger partial charge in [-0.2, -0.15) is 5.10 Å². The first kappa shape index (κ1) is 29.3. The van der Waals surface area contributed by atoms with Crippen LogP contribution < -0.4 is 0 Å². The van der Waals surface area contributed by atoms with Crippen molar-refractivity contribution in [2.24, 2.45) is 0 Å². The number of esters is 1. The van der Waals surface area contributed by atoms with Gasteiger partial charge < -0.3 is 9.84 Å². The fourth-order valence-corrected chi connectivity index (χ4v) is 5.61. The van der Waals surface area contributed by atoms with Gasteiger partial charge >= 0.3 is 5.97 Å². The number of carbonyl (C=O) groups excluding carboxylic acids is 1. The monoisotopic (exact) mass is 557 g/mol. The number of ether oxygens (including phenoxy) is 1. The summed E-state index contributed by atoms with van der Waals surface area (Å²) in [4.78, 5) is 14.2. The minimum atomic E-state index is -0.538.